The van der Waals surface area contributed by atoms with Crippen molar-refractivity contribution in [1.82, 2.24) is 4.90 Å². The summed E-state index contributed by atoms with van der Waals surface area (Å²) in [5.74, 6) is 2.54. The number of allylic oxidation sites excluding steroid dienone is 1. The number of methoxy groups -OCH3 is 2. The van der Waals surface area contributed by atoms with Gasteiger partial charge in [0.25, 0.3) is 0 Å². The smallest absolute Gasteiger partial charge is 0.164 e. The van der Waals surface area contributed by atoms with Crippen LogP contribution in [0.15, 0.2) is 40.9 Å². The SMILES string of the molecule is COc1ccc2c(c1OC)CCC(Br)=C2c1ccc(OCCN2CCCC2)cc1. The number of ether oxygens (including phenoxy) is 3. The van der Waals surface area contributed by atoms with Crippen molar-refractivity contribution in [2.75, 3.05) is 40.5 Å². The Hall–Kier alpha value is -1.98. The molecule has 4 rings (SSSR count). The molecule has 1 aliphatic carbocycles. The van der Waals surface area contributed by atoms with Crippen molar-refractivity contribution in [3.8, 4) is 17.2 Å². The highest BCUT2D eigenvalue weighted by Crippen LogP contribution is 2.45. The van der Waals surface area contributed by atoms with Gasteiger partial charge >= 0.3 is 0 Å². The van der Waals surface area contributed by atoms with Gasteiger partial charge in [0.2, 0.25) is 0 Å². The van der Waals surface area contributed by atoms with Crippen LogP contribution in [0.1, 0.15) is 36.0 Å². The molecule has 2 aromatic carbocycles. The number of hydrogen-bond acceptors (Lipinski definition) is 4. The van der Waals surface area contributed by atoms with Gasteiger partial charge in [-0.1, -0.05) is 34.1 Å². The van der Waals surface area contributed by atoms with Crippen molar-refractivity contribution in [2.24, 2.45) is 0 Å². The molecule has 4 nitrogen and oxygen atoms in total. The van der Waals surface area contributed by atoms with Crippen LogP contribution in [0, 0.1) is 0 Å². The highest BCUT2D eigenvalue weighted by atomic mass is 79.9. The van der Waals surface area contributed by atoms with E-state index in [0.717, 1.165) is 43.2 Å². The van der Waals surface area contributed by atoms with Crippen LogP contribution in [0.4, 0.5) is 0 Å². The molecule has 154 valence electrons. The molecular weight excluding hydrogens is 430 g/mol. The Morgan fingerprint density at radius 2 is 1.69 bits per heavy atom. The molecular formula is C24H28BrNO3. The molecule has 0 amide bonds. The molecule has 1 saturated heterocycles. The van der Waals surface area contributed by atoms with Gasteiger partial charge in [0.05, 0.1) is 14.2 Å². The third-order valence-corrected chi connectivity index (χ3v) is 6.59. The minimum atomic E-state index is 0.742. The molecule has 0 unspecified atom stereocenters. The quantitative estimate of drug-likeness (QED) is 0.565. The summed E-state index contributed by atoms with van der Waals surface area (Å²) < 4.78 is 18.3. The normalized spacial score (nSPS) is 16.7. The van der Waals surface area contributed by atoms with E-state index in [2.05, 4.69) is 51.2 Å². The molecule has 29 heavy (non-hydrogen) atoms. The van der Waals surface area contributed by atoms with Crippen molar-refractivity contribution >= 4 is 21.5 Å². The molecule has 1 heterocycles. The number of hydrogen-bond donors (Lipinski definition) is 0. The van der Waals surface area contributed by atoms with E-state index in [1.165, 1.54) is 52.7 Å². The molecule has 1 fully saturated rings. The van der Waals surface area contributed by atoms with Crippen molar-refractivity contribution in [1.29, 1.82) is 0 Å². The fourth-order valence-corrected chi connectivity index (χ4v) is 4.95. The Balaban J connectivity index is 1.53. The maximum atomic E-state index is 5.97. The van der Waals surface area contributed by atoms with Crippen LogP contribution in [0.3, 0.4) is 0 Å². The summed E-state index contributed by atoms with van der Waals surface area (Å²) in [7, 11) is 3.39. The summed E-state index contributed by atoms with van der Waals surface area (Å²) in [6.07, 6.45) is 4.51. The standard InChI is InChI=1S/C24H28BrNO3/c1-27-22-12-10-19-20(24(22)28-2)9-11-21(25)23(19)17-5-7-18(8-6-17)29-16-15-26-13-3-4-14-26/h5-8,10,12H,3-4,9,11,13-16H2,1-2H3. The Kier molecular flexibility index (Phi) is 6.46. The molecule has 0 spiro atoms. The fraction of sp³-hybridized carbons (Fsp3) is 0.417. The fourth-order valence-electron chi connectivity index (χ4n) is 4.31. The molecule has 0 N–H and O–H groups in total. The third kappa shape index (κ3) is 4.31. The number of fused-ring (bicyclic) bond motifs is 1. The zero-order chi connectivity index (χ0) is 20.2. The van der Waals surface area contributed by atoms with Crippen LogP contribution < -0.4 is 14.2 Å². The average Bonchev–Trinajstić information content (AvgIpc) is 3.27. The van der Waals surface area contributed by atoms with Gasteiger partial charge in [-0.25, -0.2) is 0 Å². The molecule has 5 heteroatoms. The van der Waals surface area contributed by atoms with Gasteiger partial charge in [-0.05, 0) is 73.7 Å². The van der Waals surface area contributed by atoms with Crippen LogP contribution in [0.25, 0.3) is 5.57 Å². The minimum Gasteiger partial charge on any atom is -0.493 e. The van der Waals surface area contributed by atoms with Crippen molar-refractivity contribution < 1.29 is 14.2 Å². The molecule has 0 atom stereocenters. The van der Waals surface area contributed by atoms with E-state index in [4.69, 9.17) is 14.2 Å². The lowest BCUT2D eigenvalue weighted by molar-refractivity contribution is 0.238. The first-order valence-corrected chi connectivity index (χ1v) is 11.1. The Morgan fingerprint density at radius 1 is 0.931 bits per heavy atom. The second-order valence-electron chi connectivity index (χ2n) is 7.53. The first kappa shape index (κ1) is 20.3. The van der Waals surface area contributed by atoms with Crippen molar-refractivity contribution in [3.63, 3.8) is 0 Å². The van der Waals surface area contributed by atoms with Gasteiger partial charge in [0.15, 0.2) is 11.5 Å². The average molecular weight is 458 g/mol. The van der Waals surface area contributed by atoms with Gasteiger partial charge < -0.3 is 14.2 Å². The van der Waals surface area contributed by atoms with Gasteiger partial charge in [-0.3, -0.25) is 4.90 Å². The van der Waals surface area contributed by atoms with E-state index in [1.807, 2.05) is 6.07 Å². The van der Waals surface area contributed by atoms with Crippen LogP contribution in [0.5, 0.6) is 17.2 Å². The van der Waals surface area contributed by atoms with Crippen LogP contribution >= 0.6 is 15.9 Å². The van der Waals surface area contributed by atoms with E-state index >= 15 is 0 Å². The lowest BCUT2D eigenvalue weighted by atomic mass is 9.86. The molecule has 2 aliphatic rings. The first-order chi connectivity index (χ1) is 14.2. The zero-order valence-corrected chi connectivity index (χ0v) is 18.8. The summed E-state index contributed by atoms with van der Waals surface area (Å²) >= 11 is 3.81. The summed E-state index contributed by atoms with van der Waals surface area (Å²) in [4.78, 5) is 2.47. The zero-order valence-electron chi connectivity index (χ0n) is 17.2. The monoisotopic (exact) mass is 457 g/mol. The van der Waals surface area contributed by atoms with Crippen molar-refractivity contribution in [3.05, 3.63) is 57.6 Å². The number of nitrogens with zero attached hydrogens (tertiary/aromatic N) is 1. The molecule has 0 bridgehead atoms. The Bertz CT molecular complexity index is 886. The maximum Gasteiger partial charge on any atom is 0.164 e. The van der Waals surface area contributed by atoms with Crippen LogP contribution in [0.2, 0.25) is 0 Å². The topological polar surface area (TPSA) is 30.9 Å². The van der Waals surface area contributed by atoms with E-state index in [-0.39, 0.29) is 0 Å². The van der Waals surface area contributed by atoms with Crippen molar-refractivity contribution in [2.45, 2.75) is 25.7 Å². The van der Waals surface area contributed by atoms with E-state index in [1.54, 1.807) is 14.2 Å². The number of halogens is 1. The predicted molar refractivity (Wildman–Crippen MR) is 120 cm³/mol. The number of rotatable bonds is 7. The molecule has 2 aromatic rings. The molecule has 0 radical (unpaired) electrons. The van der Waals surface area contributed by atoms with E-state index < -0.39 is 0 Å². The minimum absolute atomic E-state index is 0.742. The third-order valence-electron chi connectivity index (χ3n) is 5.80. The predicted octanol–water partition coefficient (Wildman–Crippen LogP) is 5.28. The molecule has 0 aromatic heterocycles. The highest BCUT2D eigenvalue weighted by molar-refractivity contribution is 9.11. The molecule has 1 aliphatic heterocycles. The van der Waals surface area contributed by atoms with Gasteiger partial charge in [0, 0.05) is 16.6 Å². The largest absolute Gasteiger partial charge is 0.493 e. The van der Waals surface area contributed by atoms with Crippen LogP contribution in [-0.2, 0) is 6.42 Å². The second-order valence-corrected chi connectivity index (χ2v) is 8.49. The lowest BCUT2D eigenvalue weighted by Gasteiger charge is -2.24. The lowest BCUT2D eigenvalue weighted by Crippen LogP contribution is -2.25. The van der Waals surface area contributed by atoms with Gasteiger partial charge in [-0.2, -0.15) is 0 Å². The van der Waals surface area contributed by atoms with Crippen LogP contribution in [-0.4, -0.2) is 45.4 Å². The maximum absolute atomic E-state index is 5.97. The first-order valence-electron chi connectivity index (χ1n) is 10.3. The molecule has 0 saturated carbocycles. The van der Waals surface area contributed by atoms with Gasteiger partial charge in [0.1, 0.15) is 12.4 Å². The highest BCUT2D eigenvalue weighted by Gasteiger charge is 2.24. The summed E-state index contributed by atoms with van der Waals surface area (Å²) in [6.45, 7) is 4.16. The van der Waals surface area contributed by atoms with E-state index in [0.29, 0.717) is 0 Å². The van der Waals surface area contributed by atoms with Gasteiger partial charge in [-0.15, -0.1) is 0 Å². The number of benzene rings is 2. The summed E-state index contributed by atoms with van der Waals surface area (Å²) in [5, 5.41) is 0. The summed E-state index contributed by atoms with van der Waals surface area (Å²) in [6, 6.07) is 12.6. The second kappa shape index (κ2) is 9.23. The number of likely N-dealkylation sites (tertiary alicyclic amines) is 1. The Morgan fingerprint density at radius 3 is 2.38 bits per heavy atom. The summed E-state index contributed by atoms with van der Waals surface area (Å²) in [5.41, 5.74) is 4.80. The Labute approximate surface area is 181 Å². The van der Waals surface area contributed by atoms with E-state index in [9.17, 15) is 0 Å².